The second-order valence-electron chi connectivity index (χ2n) is 7.96. The van der Waals surface area contributed by atoms with Gasteiger partial charge < -0.3 is 14.4 Å². The molecule has 2 aromatic rings. The van der Waals surface area contributed by atoms with Crippen LogP contribution in [0.15, 0.2) is 36.7 Å². The quantitative estimate of drug-likeness (QED) is 0.685. The van der Waals surface area contributed by atoms with Crippen molar-refractivity contribution in [2.75, 3.05) is 26.3 Å². The molecule has 1 aromatic heterocycles. The van der Waals surface area contributed by atoms with Crippen LogP contribution in [0.5, 0.6) is 0 Å². The SMILES string of the molecule is Cc1cnn(CC(=O)N2CC3(CC(CCOCc4ccccc4F)CO3)C2)c1. The zero-order valence-electron chi connectivity index (χ0n) is 16.1. The summed E-state index contributed by atoms with van der Waals surface area (Å²) in [5, 5.41) is 4.17. The number of carbonyl (C=O) groups is 1. The Kier molecular flexibility index (Phi) is 5.46. The lowest BCUT2D eigenvalue weighted by Gasteiger charge is -2.47. The van der Waals surface area contributed by atoms with E-state index in [0.29, 0.717) is 44.4 Å². The number of amides is 1. The number of hydrogen-bond acceptors (Lipinski definition) is 4. The van der Waals surface area contributed by atoms with Crippen LogP contribution in [0.25, 0.3) is 0 Å². The third kappa shape index (κ3) is 4.25. The van der Waals surface area contributed by atoms with Crippen LogP contribution in [0.1, 0.15) is 24.0 Å². The lowest BCUT2D eigenvalue weighted by molar-refractivity contribution is -0.158. The van der Waals surface area contributed by atoms with Crippen LogP contribution in [-0.4, -0.2) is 52.5 Å². The topological polar surface area (TPSA) is 56.6 Å². The average Bonchev–Trinajstić information content (AvgIpc) is 3.25. The van der Waals surface area contributed by atoms with Gasteiger partial charge in [-0.3, -0.25) is 9.48 Å². The highest BCUT2D eigenvalue weighted by Crippen LogP contribution is 2.39. The van der Waals surface area contributed by atoms with E-state index in [9.17, 15) is 9.18 Å². The van der Waals surface area contributed by atoms with E-state index in [0.717, 1.165) is 18.4 Å². The first kappa shape index (κ1) is 19.1. The van der Waals surface area contributed by atoms with Crippen molar-refractivity contribution in [1.29, 1.82) is 0 Å². The summed E-state index contributed by atoms with van der Waals surface area (Å²) < 4.78 is 26.9. The van der Waals surface area contributed by atoms with Crippen molar-refractivity contribution in [3.05, 3.63) is 53.6 Å². The molecule has 2 aliphatic rings. The molecule has 150 valence electrons. The van der Waals surface area contributed by atoms with Gasteiger partial charge in [-0.15, -0.1) is 0 Å². The fourth-order valence-corrected chi connectivity index (χ4v) is 4.01. The Balaban J connectivity index is 1.16. The lowest BCUT2D eigenvalue weighted by Crippen LogP contribution is -2.63. The molecule has 1 aromatic carbocycles. The van der Waals surface area contributed by atoms with Crippen LogP contribution in [0, 0.1) is 18.7 Å². The molecule has 0 aliphatic carbocycles. The Morgan fingerprint density at radius 1 is 1.39 bits per heavy atom. The van der Waals surface area contributed by atoms with Crippen molar-refractivity contribution in [3.63, 3.8) is 0 Å². The van der Waals surface area contributed by atoms with Gasteiger partial charge in [-0.2, -0.15) is 5.10 Å². The van der Waals surface area contributed by atoms with E-state index in [1.54, 1.807) is 23.0 Å². The van der Waals surface area contributed by atoms with Gasteiger partial charge in [0.2, 0.25) is 5.91 Å². The molecule has 7 heteroatoms. The van der Waals surface area contributed by atoms with Crippen LogP contribution in [0.2, 0.25) is 0 Å². The molecular formula is C21H26FN3O3. The minimum Gasteiger partial charge on any atom is -0.377 e. The number of halogens is 1. The van der Waals surface area contributed by atoms with E-state index in [4.69, 9.17) is 9.47 Å². The van der Waals surface area contributed by atoms with Crippen molar-refractivity contribution in [2.24, 2.45) is 5.92 Å². The van der Waals surface area contributed by atoms with E-state index in [-0.39, 0.29) is 23.9 Å². The highest BCUT2D eigenvalue weighted by atomic mass is 19.1. The standard InChI is InChI=1S/C21H26FN3O3/c1-16-9-23-25(10-16)11-20(26)24-14-21(15-24)8-17(12-28-21)6-7-27-13-18-4-2-3-5-19(18)22/h2-5,9-10,17H,6-8,11-15H2,1H3. The maximum absolute atomic E-state index is 13.6. The fraction of sp³-hybridized carbons (Fsp3) is 0.524. The molecule has 1 amide bonds. The Labute approximate surface area is 164 Å². The van der Waals surface area contributed by atoms with Crippen LogP contribution < -0.4 is 0 Å². The van der Waals surface area contributed by atoms with E-state index in [2.05, 4.69) is 5.10 Å². The molecule has 2 aliphatic heterocycles. The molecule has 2 saturated heterocycles. The highest BCUT2D eigenvalue weighted by Gasteiger charge is 2.50. The molecule has 0 bridgehead atoms. The van der Waals surface area contributed by atoms with Gasteiger partial charge in [-0.05, 0) is 37.3 Å². The first-order chi connectivity index (χ1) is 13.5. The van der Waals surface area contributed by atoms with Gasteiger partial charge in [0.05, 0.1) is 32.5 Å². The predicted molar refractivity (Wildman–Crippen MR) is 101 cm³/mol. The molecule has 6 nitrogen and oxygen atoms in total. The number of benzene rings is 1. The number of ether oxygens (including phenoxy) is 2. The Bertz CT molecular complexity index is 832. The molecule has 1 spiro atoms. The molecular weight excluding hydrogens is 361 g/mol. The maximum Gasteiger partial charge on any atom is 0.244 e. The Hall–Kier alpha value is -2.25. The summed E-state index contributed by atoms with van der Waals surface area (Å²) in [7, 11) is 0. The largest absolute Gasteiger partial charge is 0.377 e. The summed E-state index contributed by atoms with van der Waals surface area (Å²) in [5.74, 6) is 0.274. The van der Waals surface area contributed by atoms with Crippen molar-refractivity contribution in [2.45, 2.75) is 38.5 Å². The number of aryl methyl sites for hydroxylation is 1. The van der Waals surface area contributed by atoms with Crippen LogP contribution in [-0.2, 0) is 27.4 Å². The molecule has 2 fully saturated rings. The summed E-state index contributed by atoms with van der Waals surface area (Å²) in [4.78, 5) is 14.2. The first-order valence-electron chi connectivity index (χ1n) is 9.75. The van der Waals surface area contributed by atoms with Crippen LogP contribution >= 0.6 is 0 Å². The van der Waals surface area contributed by atoms with Gasteiger partial charge in [0.25, 0.3) is 0 Å². The number of rotatable bonds is 7. The van der Waals surface area contributed by atoms with E-state index >= 15 is 0 Å². The predicted octanol–water partition coefficient (Wildman–Crippen LogP) is 2.56. The highest BCUT2D eigenvalue weighted by molar-refractivity contribution is 5.77. The first-order valence-corrected chi connectivity index (χ1v) is 9.75. The van der Waals surface area contributed by atoms with E-state index in [1.807, 2.05) is 24.1 Å². The van der Waals surface area contributed by atoms with E-state index < -0.39 is 0 Å². The van der Waals surface area contributed by atoms with Gasteiger partial charge in [-0.25, -0.2) is 4.39 Å². The summed E-state index contributed by atoms with van der Waals surface area (Å²) in [6, 6.07) is 6.68. The number of nitrogens with zero attached hydrogens (tertiary/aromatic N) is 3. The van der Waals surface area contributed by atoms with E-state index in [1.165, 1.54) is 6.07 Å². The minimum atomic E-state index is -0.227. The van der Waals surface area contributed by atoms with Gasteiger partial charge in [0.1, 0.15) is 18.0 Å². The van der Waals surface area contributed by atoms with Crippen LogP contribution in [0.4, 0.5) is 4.39 Å². The molecule has 1 atom stereocenters. The normalized spacial score (nSPS) is 20.5. The number of aromatic nitrogens is 2. The number of hydrogen-bond donors (Lipinski definition) is 0. The maximum atomic E-state index is 13.6. The minimum absolute atomic E-state index is 0.0778. The van der Waals surface area contributed by atoms with Crippen molar-refractivity contribution in [1.82, 2.24) is 14.7 Å². The monoisotopic (exact) mass is 387 g/mol. The zero-order chi connectivity index (χ0) is 19.6. The van der Waals surface area contributed by atoms with Gasteiger partial charge in [0, 0.05) is 18.4 Å². The molecule has 0 radical (unpaired) electrons. The number of likely N-dealkylation sites (tertiary alicyclic amines) is 1. The molecule has 0 N–H and O–H groups in total. The third-order valence-electron chi connectivity index (χ3n) is 5.54. The fourth-order valence-electron chi connectivity index (χ4n) is 4.01. The van der Waals surface area contributed by atoms with Crippen molar-refractivity contribution < 1.29 is 18.7 Å². The molecule has 1 unspecified atom stereocenters. The number of carbonyl (C=O) groups excluding carboxylic acids is 1. The molecule has 0 saturated carbocycles. The second-order valence-corrected chi connectivity index (χ2v) is 7.96. The molecule has 4 rings (SSSR count). The third-order valence-corrected chi connectivity index (χ3v) is 5.54. The van der Waals surface area contributed by atoms with Crippen molar-refractivity contribution >= 4 is 5.91 Å². The molecule has 28 heavy (non-hydrogen) atoms. The smallest absolute Gasteiger partial charge is 0.244 e. The lowest BCUT2D eigenvalue weighted by atomic mass is 9.86. The summed E-state index contributed by atoms with van der Waals surface area (Å²) in [5.41, 5.74) is 1.44. The summed E-state index contributed by atoms with van der Waals surface area (Å²) in [6.45, 7) is 5.11. The zero-order valence-corrected chi connectivity index (χ0v) is 16.1. The average molecular weight is 387 g/mol. The Morgan fingerprint density at radius 2 is 2.21 bits per heavy atom. The Morgan fingerprint density at radius 3 is 2.96 bits per heavy atom. The second kappa shape index (κ2) is 8.01. The van der Waals surface area contributed by atoms with Gasteiger partial charge >= 0.3 is 0 Å². The molecule has 3 heterocycles. The van der Waals surface area contributed by atoms with Crippen molar-refractivity contribution in [3.8, 4) is 0 Å². The summed E-state index contributed by atoms with van der Waals surface area (Å²) >= 11 is 0. The summed E-state index contributed by atoms with van der Waals surface area (Å²) in [6.07, 6.45) is 5.46. The van der Waals surface area contributed by atoms with Gasteiger partial charge in [-0.1, -0.05) is 18.2 Å². The van der Waals surface area contributed by atoms with Gasteiger partial charge in [0.15, 0.2) is 0 Å². The van der Waals surface area contributed by atoms with Crippen LogP contribution in [0.3, 0.4) is 0 Å².